The van der Waals surface area contributed by atoms with Gasteiger partial charge in [0.25, 0.3) is 10.0 Å². The van der Waals surface area contributed by atoms with Gasteiger partial charge >= 0.3 is 5.97 Å². The molecule has 0 fully saturated rings. The summed E-state index contributed by atoms with van der Waals surface area (Å²) in [5.74, 6) is -1.20. The van der Waals surface area contributed by atoms with Crippen molar-refractivity contribution in [2.45, 2.75) is 17.7 Å². The minimum atomic E-state index is -3.81. The Morgan fingerprint density at radius 3 is 2.71 bits per heavy atom. The molecule has 160 valence electrons. The minimum absolute atomic E-state index is 0.0477. The monoisotopic (exact) mass is 475 g/mol. The highest BCUT2D eigenvalue weighted by Crippen LogP contribution is 2.27. The highest BCUT2D eigenvalue weighted by Gasteiger charge is 2.25. The topological polar surface area (TPSA) is 80.8 Å². The van der Waals surface area contributed by atoms with Gasteiger partial charge in [-0.2, -0.15) is 0 Å². The number of sulfonamides is 1. The molecule has 0 spiro atoms. The van der Waals surface area contributed by atoms with Gasteiger partial charge in [-0.3, -0.25) is 9.10 Å². The molecule has 2 heterocycles. The number of hydrogen-bond donors (Lipinski definition) is 0. The molecule has 4 rings (SSSR count). The van der Waals surface area contributed by atoms with E-state index in [0.29, 0.717) is 12.1 Å². The van der Waals surface area contributed by atoms with Crippen LogP contribution in [0.4, 0.5) is 0 Å². The number of hydrogen-bond acceptors (Lipinski definition) is 6. The van der Waals surface area contributed by atoms with Gasteiger partial charge in [-0.1, -0.05) is 35.9 Å². The average Bonchev–Trinajstić information content (AvgIpc) is 3.22. The summed E-state index contributed by atoms with van der Waals surface area (Å²) in [6, 6.07) is 11.3. The first-order valence-electron chi connectivity index (χ1n) is 9.52. The van der Waals surface area contributed by atoms with Crippen LogP contribution in [0.5, 0.6) is 0 Å². The van der Waals surface area contributed by atoms with Crippen LogP contribution in [-0.2, 0) is 14.8 Å². The number of Topliss-reactive ketones (excluding diaryl/α,β-unsaturated/α-hetero) is 1. The molecule has 0 N–H and O–H groups in total. The van der Waals surface area contributed by atoms with Crippen LogP contribution in [0.3, 0.4) is 0 Å². The molecule has 6 nitrogen and oxygen atoms in total. The number of esters is 1. The van der Waals surface area contributed by atoms with E-state index >= 15 is 0 Å². The maximum atomic E-state index is 12.8. The summed E-state index contributed by atoms with van der Waals surface area (Å²) in [5.41, 5.74) is 0.374. The standard InChI is InChI=1S/C22H18ClNO5S2/c23-19-9-8-15(31(27,28)24-10-4-1-5-11-24)12-17(19)22(26)29-13-20(25)18-14-30-21-7-3-2-6-16(18)21/h2-4,6-10,12,14H,1,5,11,13H2. The van der Waals surface area contributed by atoms with Gasteiger partial charge in [0.15, 0.2) is 6.61 Å². The molecule has 0 bridgehead atoms. The van der Waals surface area contributed by atoms with Crippen molar-refractivity contribution in [2.24, 2.45) is 0 Å². The van der Waals surface area contributed by atoms with Gasteiger partial charge in [0.05, 0.1) is 15.5 Å². The third-order valence-corrected chi connectivity index (χ3v) is 7.97. The van der Waals surface area contributed by atoms with Crippen molar-refractivity contribution in [3.05, 3.63) is 76.3 Å². The zero-order valence-electron chi connectivity index (χ0n) is 16.3. The molecule has 1 aliphatic heterocycles. The van der Waals surface area contributed by atoms with E-state index in [2.05, 4.69) is 0 Å². The Bertz CT molecular complexity index is 1300. The van der Waals surface area contributed by atoms with Crippen molar-refractivity contribution in [3.8, 4) is 0 Å². The van der Waals surface area contributed by atoms with Crippen molar-refractivity contribution in [2.75, 3.05) is 13.2 Å². The molecule has 0 saturated heterocycles. The zero-order valence-corrected chi connectivity index (χ0v) is 18.7. The fourth-order valence-electron chi connectivity index (χ4n) is 3.27. The molecule has 0 radical (unpaired) electrons. The molecular formula is C22H18ClNO5S2. The van der Waals surface area contributed by atoms with Gasteiger partial charge < -0.3 is 4.74 Å². The number of rotatable bonds is 6. The Labute approximate surface area is 188 Å². The number of benzene rings is 2. The number of nitrogens with zero attached hydrogens (tertiary/aromatic N) is 1. The fraction of sp³-hybridized carbons (Fsp3) is 0.182. The summed E-state index contributed by atoms with van der Waals surface area (Å²) >= 11 is 7.55. The summed E-state index contributed by atoms with van der Waals surface area (Å²) in [7, 11) is -3.81. The normalized spacial score (nSPS) is 14.0. The number of carbonyl (C=O) groups excluding carboxylic acids is 2. The lowest BCUT2D eigenvalue weighted by Gasteiger charge is -2.23. The fourth-order valence-corrected chi connectivity index (χ4v) is 5.82. The van der Waals surface area contributed by atoms with Gasteiger partial charge in [-0.25, -0.2) is 13.2 Å². The minimum Gasteiger partial charge on any atom is -0.454 e. The zero-order chi connectivity index (χ0) is 22.0. The molecule has 0 saturated carbocycles. The number of halogens is 1. The number of carbonyl (C=O) groups is 2. The van der Waals surface area contributed by atoms with Crippen LogP contribution in [0, 0.1) is 0 Å². The summed E-state index contributed by atoms with van der Waals surface area (Å²) in [6.07, 6.45) is 4.84. The third-order valence-electron chi connectivity index (χ3n) is 4.90. The first kappa shape index (κ1) is 21.5. The second-order valence-corrected chi connectivity index (χ2v) is 10.1. The Kier molecular flexibility index (Phi) is 6.13. The van der Waals surface area contributed by atoms with Crippen LogP contribution in [0.2, 0.25) is 5.02 Å². The average molecular weight is 476 g/mol. The first-order valence-corrected chi connectivity index (χ1v) is 12.2. The van der Waals surface area contributed by atoms with Crippen LogP contribution >= 0.6 is 22.9 Å². The van der Waals surface area contributed by atoms with E-state index in [0.717, 1.165) is 22.9 Å². The third kappa shape index (κ3) is 4.37. The first-order chi connectivity index (χ1) is 14.9. The highest BCUT2D eigenvalue weighted by molar-refractivity contribution is 7.89. The lowest BCUT2D eigenvalue weighted by Crippen LogP contribution is -2.29. The van der Waals surface area contributed by atoms with Gasteiger partial charge in [0, 0.05) is 33.8 Å². The van der Waals surface area contributed by atoms with Gasteiger partial charge in [0.2, 0.25) is 5.78 Å². The smallest absolute Gasteiger partial charge is 0.340 e. The number of allylic oxidation sites excluding steroid dienone is 1. The largest absolute Gasteiger partial charge is 0.454 e. The summed E-state index contributed by atoms with van der Waals surface area (Å²) in [4.78, 5) is 25.1. The van der Waals surface area contributed by atoms with Crippen LogP contribution in [-0.4, -0.2) is 37.6 Å². The second-order valence-electron chi connectivity index (χ2n) is 6.93. The predicted octanol–water partition coefficient (Wildman–Crippen LogP) is 4.89. The maximum absolute atomic E-state index is 12.8. The second kappa shape index (κ2) is 8.82. The SMILES string of the molecule is O=C(OCC(=O)c1csc2ccccc12)c1cc(S(=O)(=O)N2C=CCCC2)ccc1Cl. The predicted molar refractivity (Wildman–Crippen MR) is 120 cm³/mol. The van der Waals surface area contributed by atoms with Crippen LogP contribution in [0.25, 0.3) is 10.1 Å². The molecule has 2 aromatic carbocycles. The van der Waals surface area contributed by atoms with Crippen molar-refractivity contribution in [3.63, 3.8) is 0 Å². The molecule has 0 amide bonds. The molecule has 3 aromatic rings. The van der Waals surface area contributed by atoms with E-state index < -0.39 is 22.6 Å². The number of ketones is 1. The van der Waals surface area contributed by atoms with Crippen molar-refractivity contribution in [1.29, 1.82) is 0 Å². The summed E-state index contributed by atoms with van der Waals surface area (Å²) in [5, 5.41) is 2.58. The van der Waals surface area contributed by atoms with E-state index in [9.17, 15) is 18.0 Å². The van der Waals surface area contributed by atoms with Crippen molar-refractivity contribution < 1.29 is 22.7 Å². The Hall–Kier alpha value is -2.68. The van der Waals surface area contributed by atoms with Gasteiger partial charge in [-0.15, -0.1) is 11.3 Å². The maximum Gasteiger partial charge on any atom is 0.340 e. The van der Waals surface area contributed by atoms with E-state index in [1.54, 1.807) is 11.5 Å². The van der Waals surface area contributed by atoms with Crippen molar-refractivity contribution in [1.82, 2.24) is 4.31 Å². The molecule has 31 heavy (non-hydrogen) atoms. The molecule has 0 aliphatic carbocycles. The van der Waals surface area contributed by atoms with Crippen LogP contribution < -0.4 is 0 Å². The lowest BCUT2D eigenvalue weighted by molar-refractivity contribution is 0.0475. The summed E-state index contributed by atoms with van der Waals surface area (Å²) < 4.78 is 33.1. The van der Waals surface area contributed by atoms with E-state index in [4.69, 9.17) is 16.3 Å². The van der Waals surface area contributed by atoms with E-state index in [1.807, 2.05) is 24.3 Å². The van der Waals surface area contributed by atoms with Gasteiger partial charge in [0.1, 0.15) is 0 Å². The number of ether oxygens (including phenoxy) is 1. The molecule has 9 heteroatoms. The molecule has 1 aromatic heterocycles. The Balaban J connectivity index is 1.52. The number of fused-ring (bicyclic) bond motifs is 1. The molecular weight excluding hydrogens is 458 g/mol. The quantitative estimate of drug-likeness (QED) is 0.374. The van der Waals surface area contributed by atoms with E-state index in [-0.39, 0.29) is 21.3 Å². The van der Waals surface area contributed by atoms with E-state index in [1.165, 1.54) is 40.0 Å². The van der Waals surface area contributed by atoms with Crippen LogP contribution in [0.1, 0.15) is 33.6 Å². The van der Waals surface area contributed by atoms with Crippen molar-refractivity contribution >= 4 is 54.8 Å². The van der Waals surface area contributed by atoms with Crippen LogP contribution in [0.15, 0.2) is 65.0 Å². The molecule has 0 atom stereocenters. The lowest BCUT2D eigenvalue weighted by atomic mass is 10.1. The Morgan fingerprint density at radius 1 is 1.13 bits per heavy atom. The Morgan fingerprint density at radius 2 is 1.94 bits per heavy atom. The number of thiophene rings is 1. The highest BCUT2D eigenvalue weighted by atomic mass is 35.5. The van der Waals surface area contributed by atoms with Gasteiger partial charge in [-0.05, 0) is 37.1 Å². The summed E-state index contributed by atoms with van der Waals surface area (Å²) in [6.45, 7) is -0.105. The molecule has 0 unspecified atom stereocenters. The molecule has 1 aliphatic rings.